The first-order chi connectivity index (χ1) is 15.0. The fourth-order valence-corrected chi connectivity index (χ4v) is 5.44. The highest BCUT2D eigenvalue weighted by molar-refractivity contribution is 7.20. The number of aryl methyl sites for hydroxylation is 1. The molecule has 3 heterocycles. The van der Waals surface area contributed by atoms with Crippen LogP contribution in [0.2, 0.25) is 5.02 Å². The van der Waals surface area contributed by atoms with Crippen LogP contribution in [0.1, 0.15) is 33.3 Å². The van der Waals surface area contributed by atoms with Crippen LogP contribution in [-0.2, 0) is 0 Å². The van der Waals surface area contributed by atoms with Crippen molar-refractivity contribution in [3.8, 4) is 11.4 Å². The standard InChI is InChI=1S/C24H22ClN3O2S/c1-15-21-13-22(31-24(21)28(26-15)19-7-5-18(25)6-8-19)23(29)27-12-11-17(14-27)16-3-9-20(30-2)10-4-16/h3-10,13,17H,11-12,14H2,1-2H3. The molecule has 1 unspecified atom stereocenters. The Hall–Kier alpha value is -2.83. The summed E-state index contributed by atoms with van der Waals surface area (Å²) in [6.45, 7) is 3.49. The van der Waals surface area contributed by atoms with Gasteiger partial charge in [0.25, 0.3) is 5.91 Å². The number of thiophene rings is 1. The van der Waals surface area contributed by atoms with Gasteiger partial charge in [0.05, 0.1) is 23.4 Å². The number of ether oxygens (including phenoxy) is 1. The SMILES string of the molecule is COc1ccc(C2CCN(C(=O)c3cc4c(C)nn(-c5ccc(Cl)cc5)c4s3)C2)cc1. The van der Waals surface area contributed by atoms with E-state index < -0.39 is 0 Å². The summed E-state index contributed by atoms with van der Waals surface area (Å²) in [5.41, 5.74) is 3.10. The van der Waals surface area contributed by atoms with E-state index in [0.717, 1.165) is 51.7 Å². The summed E-state index contributed by atoms with van der Waals surface area (Å²) < 4.78 is 7.15. The topological polar surface area (TPSA) is 47.4 Å². The van der Waals surface area contributed by atoms with Crippen LogP contribution >= 0.6 is 22.9 Å². The highest BCUT2D eigenvalue weighted by Crippen LogP contribution is 2.34. The highest BCUT2D eigenvalue weighted by Gasteiger charge is 2.29. The van der Waals surface area contributed by atoms with Crippen molar-refractivity contribution in [3.63, 3.8) is 0 Å². The van der Waals surface area contributed by atoms with Gasteiger partial charge in [-0.3, -0.25) is 4.79 Å². The molecule has 1 fully saturated rings. The molecular formula is C24H22ClN3O2S. The smallest absolute Gasteiger partial charge is 0.264 e. The zero-order chi connectivity index (χ0) is 21.5. The van der Waals surface area contributed by atoms with E-state index in [2.05, 4.69) is 17.2 Å². The monoisotopic (exact) mass is 451 g/mol. The Morgan fingerprint density at radius 2 is 1.90 bits per heavy atom. The van der Waals surface area contributed by atoms with Gasteiger partial charge < -0.3 is 9.64 Å². The largest absolute Gasteiger partial charge is 0.497 e. The Labute approximate surface area is 189 Å². The zero-order valence-corrected chi connectivity index (χ0v) is 18.9. The summed E-state index contributed by atoms with van der Waals surface area (Å²) in [4.78, 5) is 17.0. The van der Waals surface area contributed by atoms with Crippen LogP contribution in [-0.4, -0.2) is 40.8 Å². The summed E-state index contributed by atoms with van der Waals surface area (Å²) in [5.74, 6) is 1.31. The number of nitrogens with zero attached hydrogens (tertiary/aromatic N) is 3. The van der Waals surface area contributed by atoms with Crippen LogP contribution in [0, 0.1) is 6.92 Å². The van der Waals surface area contributed by atoms with E-state index in [1.54, 1.807) is 7.11 Å². The molecule has 0 radical (unpaired) electrons. The molecule has 7 heteroatoms. The van der Waals surface area contributed by atoms with Crippen molar-refractivity contribution < 1.29 is 9.53 Å². The van der Waals surface area contributed by atoms with Gasteiger partial charge in [0.15, 0.2) is 0 Å². The van der Waals surface area contributed by atoms with E-state index in [0.29, 0.717) is 10.9 Å². The molecule has 5 nitrogen and oxygen atoms in total. The normalized spacial score (nSPS) is 16.2. The zero-order valence-electron chi connectivity index (χ0n) is 17.3. The molecule has 0 spiro atoms. The summed E-state index contributed by atoms with van der Waals surface area (Å²) >= 11 is 7.53. The minimum absolute atomic E-state index is 0.0965. The number of amides is 1. The maximum atomic E-state index is 13.3. The molecule has 1 aliphatic heterocycles. The molecule has 0 aliphatic carbocycles. The average molecular weight is 452 g/mol. The second-order valence-corrected chi connectivity index (χ2v) is 9.28. The number of aromatic nitrogens is 2. The van der Waals surface area contributed by atoms with Gasteiger partial charge in [0, 0.05) is 29.4 Å². The first kappa shape index (κ1) is 20.1. The van der Waals surface area contributed by atoms with Crippen LogP contribution in [0.25, 0.3) is 15.9 Å². The van der Waals surface area contributed by atoms with E-state index in [-0.39, 0.29) is 5.91 Å². The molecule has 0 bridgehead atoms. The minimum Gasteiger partial charge on any atom is -0.497 e. The second-order valence-electron chi connectivity index (χ2n) is 7.81. The summed E-state index contributed by atoms with van der Waals surface area (Å²) in [5, 5.41) is 6.37. The summed E-state index contributed by atoms with van der Waals surface area (Å²) in [6.07, 6.45) is 0.973. The van der Waals surface area contributed by atoms with Gasteiger partial charge in [0.1, 0.15) is 10.6 Å². The fraction of sp³-hybridized carbons (Fsp3) is 0.250. The third kappa shape index (κ3) is 3.70. The quantitative estimate of drug-likeness (QED) is 0.400. The lowest BCUT2D eigenvalue weighted by Gasteiger charge is -2.16. The van der Waals surface area contributed by atoms with E-state index in [4.69, 9.17) is 16.3 Å². The van der Waals surface area contributed by atoms with Crippen molar-refractivity contribution in [1.82, 2.24) is 14.7 Å². The molecule has 5 rings (SSSR count). The number of rotatable bonds is 4. The third-order valence-corrected chi connectivity index (χ3v) is 7.24. The molecule has 1 aliphatic rings. The Morgan fingerprint density at radius 3 is 2.61 bits per heavy atom. The number of methoxy groups -OCH3 is 1. The molecule has 0 N–H and O–H groups in total. The summed E-state index contributed by atoms with van der Waals surface area (Å²) in [6, 6.07) is 17.7. The number of carbonyl (C=O) groups excluding carboxylic acids is 1. The molecule has 0 saturated carbocycles. The molecule has 1 amide bonds. The van der Waals surface area contributed by atoms with E-state index >= 15 is 0 Å². The van der Waals surface area contributed by atoms with Crippen LogP contribution in [0.4, 0.5) is 0 Å². The first-order valence-electron chi connectivity index (χ1n) is 10.2. The predicted molar refractivity (Wildman–Crippen MR) is 125 cm³/mol. The Kier molecular flexibility index (Phi) is 5.20. The van der Waals surface area contributed by atoms with Crippen molar-refractivity contribution in [2.24, 2.45) is 0 Å². The number of halogens is 1. The maximum absolute atomic E-state index is 13.3. The summed E-state index contributed by atoms with van der Waals surface area (Å²) in [7, 11) is 1.67. The number of benzene rings is 2. The number of hydrogen-bond acceptors (Lipinski definition) is 4. The van der Waals surface area contributed by atoms with Crippen LogP contribution < -0.4 is 4.74 Å². The molecule has 2 aromatic carbocycles. The predicted octanol–water partition coefficient (Wildman–Crippen LogP) is 5.69. The fourth-order valence-electron chi connectivity index (χ4n) is 4.16. The third-order valence-electron chi connectivity index (χ3n) is 5.89. The number of fused-ring (bicyclic) bond motifs is 1. The Bertz CT molecular complexity index is 1240. The van der Waals surface area contributed by atoms with E-state index in [1.807, 2.05) is 59.0 Å². The molecule has 4 aromatic rings. The molecule has 31 heavy (non-hydrogen) atoms. The molecular weight excluding hydrogens is 430 g/mol. The van der Waals surface area contributed by atoms with Gasteiger partial charge in [-0.05, 0) is 61.4 Å². The Morgan fingerprint density at radius 1 is 1.16 bits per heavy atom. The van der Waals surface area contributed by atoms with Crippen molar-refractivity contribution in [2.45, 2.75) is 19.3 Å². The lowest BCUT2D eigenvalue weighted by atomic mass is 9.98. The number of likely N-dealkylation sites (tertiary alicyclic amines) is 1. The van der Waals surface area contributed by atoms with Crippen molar-refractivity contribution >= 4 is 39.1 Å². The van der Waals surface area contributed by atoms with E-state index in [9.17, 15) is 4.79 Å². The minimum atomic E-state index is 0.0965. The molecule has 1 saturated heterocycles. The van der Waals surface area contributed by atoms with Gasteiger partial charge in [-0.15, -0.1) is 11.3 Å². The van der Waals surface area contributed by atoms with Gasteiger partial charge in [0.2, 0.25) is 0 Å². The second kappa shape index (κ2) is 8.02. The van der Waals surface area contributed by atoms with Crippen LogP contribution in [0.15, 0.2) is 54.6 Å². The lowest BCUT2D eigenvalue weighted by molar-refractivity contribution is 0.0795. The number of hydrogen-bond donors (Lipinski definition) is 0. The van der Waals surface area contributed by atoms with Gasteiger partial charge in [-0.25, -0.2) is 4.68 Å². The van der Waals surface area contributed by atoms with Gasteiger partial charge >= 0.3 is 0 Å². The van der Waals surface area contributed by atoms with Crippen molar-refractivity contribution in [1.29, 1.82) is 0 Å². The molecule has 1 atom stereocenters. The maximum Gasteiger partial charge on any atom is 0.264 e. The lowest BCUT2D eigenvalue weighted by Crippen LogP contribution is -2.27. The van der Waals surface area contributed by atoms with E-state index in [1.165, 1.54) is 16.9 Å². The van der Waals surface area contributed by atoms with Gasteiger partial charge in [-0.1, -0.05) is 23.7 Å². The van der Waals surface area contributed by atoms with Crippen LogP contribution in [0.3, 0.4) is 0 Å². The highest BCUT2D eigenvalue weighted by atomic mass is 35.5. The molecule has 158 valence electrons. The van der Waals surface area contributed by atoms with Crippen LogP contribution in [0.5, 0.6) is 5.75 Å². The van der Waals surface area contributed by atoms with Gasteiger partial charge in [-0.2, -0.15) is 5.10 Å². The Balaban J connectivity index is 1.39. The first-order valence-corrected chi connectivity index (χ1v) is 11.4. The molecule has 2 aromatic heterocycles. The average Bonchev–Trinajstić information content (AvgIpc) is 3.51. The van der Waals surface area contributed by atoms with Crippen molar-refractivity contribution in [3.05, 3.63) is 75.8 Å². The van der Waals surface area contributed by atoms with Crippen molar-refractivity contribution in [2.75, 3.05) is 20.2 Å². The number of carbonyl (C=O) groups is 1.